The van der Waals surface area contributed by atoms with E-state index in [0.29, 0.717) is 6.04 Å². The summed E-state index contributed by atoms with van der Waals surface area (Å²) in [7, 11) is 0. The SMILES string of the molecule is CCNC(CCC1CCCC1)c1ccc(C)o1. The molecule has 1 atom stereocenters. The average molecular weight is 235 g/mol. The Morgan fingerprint density at radius 3 is 2.71 bits per heavy atom. The first kappa shape index (κ1) is 12.7. The highest BCUT2D eigenvalue weighted by Crippen LogP contribution is 2.31. The van der Waals surface area contributed by atoms with Crippen molar-refractivity contribution >= 4 is 0 Å². The summed E-state index contributed by atoms with van der Waals surface area (Å²) in [6.07, 6.45) is 8.32. The number of hydrogen-bond donors (Lipinski definition) is 1. The minimum Gasteiger partial charge on any atom is -0.465 e. The van der Waals surface area contributed by atoms with Crippen molar-refractivity contribution in [1.29, 1.82) is 0 Å². The second-order valence-corrected chi connectivity index (χ2v) is 5.29. The molecule has 0 aromatic carbocycles. The molecule has 96 valence electrons. The molecule has 0 amide bonds. The largest absolute Gasteiger partial charge is 0.465 e. The molecule has 1 heterocycles. The zero-order valence-electron chi connectivity index (χ0n) is 11.2. The van der Waals surface area contributed by atoms with E-state index in [0.717, 1.165) is 24.0 Å². The first-order valence-electron chi connectivity index (χ1n) is 7.09. The van der Waals surface area contributed by atoms with Gasteiger partial charge in [-0.2, -0.15) is 0 Å². The standard InChI is InChI=1S/C15H25NO/c1-3-16-14(15-11-8-12(2)17-15)10-9-13-6-4-5-7-13/h8,11,13-14,16H,3-7,9-10H2,1-2H3. The van der Waals surface area contributed by atoms with Crippen molar-refractivity contribution < 1.29 is 4.42 Å². The van der Waals surface area contributed by atoms with Crippen LogP contribution in [0.15, 0.2) is 16.5 Å². The van der Waals surface area contributed by atoms with E-state index in [9.17, 15) is 0 Å². The maximum Gasteiger partial charge on any atom is 0.121 e. The van der Waals surface area contributed by atoms with E-state index < -0.39 is 0 Å². The van der Waals surface area contributed by atoms with Crippen LogP contribution in [0.3, 0.4) is 0 Å². The van der Waals surface area contributed by atoms with Gasteiger partial charge in [0, 0.05) is 0 Å². The van der Waals surface area contributed by atoms with Crippen molar-refractivity contribution in [3.63, 3.8) is 0 Å². The van der Waals surface area contributed by atoms with Crippen molar-refractivity contribution in [1.82, 2.24) is 5.32 Å². The number of hydrogen-bond acceptors (Lipinski definition) is 2. The van der Waals surface area contributed by atoms with Crippen LogP contribution in [0.25, 0.3) is 0 Å². The second kappa shape index (κ2) is 6.25. The van der Waals surface area contributed by atoms with Crippen molar-refractivity contribution in [3.8, 4) is 0 Å². The van der Waals surface area contributed by atoms with E-state index in [1.807, 2.05) is 6.92 Å². The topological polar surface area (TPSA) is 25.2 Å². The summed E-state index contributed by atoms with van der Waals surface area (Å²) >= 11 is 0. The predicted molar refractivity (Wildman–Crippen MR) is 71.1 cm³/mol. The van der Waals surface area contributed by atoms with E-state index in [2.05, 4.69) is 24.4 Å². The van der Waals surface area contributed by atoms with Crippen LogP contribution in [-0.4, -0.2) is 6.54 Å². The van der Waals surface area contributed by atoms with Gasteiger partial charge in [-0.3, -0.25) is 0 Å². The Hall–Kier alpha value is -0.760. The molecule has 0 radical (unpaired) electrons. The Labute approximate surface area is 105 Å². The summed E-state index contributed by atoms with van der Waals surface area (Å²) in [4.78, 5) is 0. The minimum absolute atomic E-state index is 0.411. The van der Waals surface area contributed by atoms with E-state index in [1.54, 1.807) is 0 Å². The van der Waals surface area contributed by atoms with Gasteiger partial charge in [0.05, 0.1) is 6.04 Å². The molecule has 1 fully saturated rings. The van der Waals surface area contributed by atoms with Crippen LogP contribution in [0, 0.1) is 12.8 Å². The molecule has 2 nitrogen and oxygen atoms in total. The van der Waals surface area contributed by atoms with Crippen LogP contribution in [0.2, 0.25) is 0 Å². The van der Waals surface area contributed by atoms with Crippen LogP contribution >= 0.6 is 0 Å². The first-order chi connectivity index (χ1) is 8.29. The maximum absolute atomic E-state index is 5.75. The predicted octanol–water partition coefficient (Wildman–Crippen LogP) is 4.21. The third kappa shape index (κ3) is 3.60. The van der Waals surface area contributed by atoms with E-state index in [1.165, 1.54) is 38.5 Å². The Morgan fingerprint density at radius 2 is 2.12 bits per heavy atom. The Bertz CT molecular complexity index is 325. The van der Waals surface area contributed by atoms with Gasteiger partial charge in [-0.05, 0) is 44.4 Å². The van der Waals surface area contributed by atoms with Gasteiger partial charge in [0.25, 0.3) is 0 Å². The molecule has 1 aromatic rings. The molecule has 0 bridgehead atoms. The summed E-state index contributed by atoms with van der Waals surface area (Å²) in [5.41, 5.74) is 0. The van der Waals surface area contributed by atoms with Crippen molar-refractivity contribution in [2.24, 2.45) is 5.92 Å². The van der Waals surface area contributed by atoms with Gasteiger partial charge in [-0.15, -0.1) is 0 Å². The summed E-state index contributed by atoms with van der Waals surface area (Å²) in [6.45, 7) is 5.19. The lowest BCUT2D eigenvalue weighted by Crippen LogP contribution is -2.21. The van der Waals surface area contributed by atoms with Crippen LogP contribution in [0.1, 0.15) is 63.0 Å². The van der Waals surface area contributed by atoms with Gasteiger partial charge in [-0.1, -0.05) is 32.6 Å². The molecular formula is C15H25NO. The third-order valence-electron chi connectivity index (χ3n) is 3.89. The van der Waals surface area contributed by atoms with E-state index in [4.69, 9.17) is 4.42 Å². The van der Waals surface area contributed by atoms with Gasteiger partial charge in [0.15, 0.2) is 0 Å². The molecule has 2 heteroatoms. The number of nitrogens with one attached hydrogen (secondary N) is 1. The summed E-state index contributed by atoms with van der Waals surface area (Å²) < 4.78 is 5.75. The number of furan rings is 1. The molecule has 1 aliphatic carbocycles. The molecule has 0 saturated heterocycles. The number of rotatable bonds is 6. The van der Waals surface area contributed by atoms with Gasteiger partial charge >= 0.3 is 0 Å². The Morgan fingerprint density at radius 1 is 1.35 bits per heavy atom. The lowest BCUT2D eigenvalue weighted by Gasteiger charge is -2.17. The molecule has 1 aromatic heterocycles. The second-order valence-electron chi connectivity index (χ2n) is 5.29. The third-order valence-corrected chi connectivity index (χ3v) is 3.89. The van der Waals surface area contributed by atoms with Crippen LogP contribution < -0.4 is 5.32 Å². The monoisotopic (exact) mass is 235 g/mol. The Kier molecular flexibility index (Phi) is 4.66. The van der Waals surface area contributed by atoms with Crippen LogP contribution in [-0.2, 0) is 0 Å². The van der Waals surface area contributed by atoms with E-state index in [-0.39, 0.29) is 0 Å². The van der Waals surface area contributed by atoms with Crippen LogP contribution in [0.4, 0.5) is 0 Å². The highest BCUT2D eigenvalue weighted by atomic mass is 16.3. The molecule has 1 aliphatic rings. The maximum atomic E-state index is 5.75. The van der Waals surface area contributed by atoms with Crippen LogP contribution in [0.5, 0.6) is 0 Å². The average Bonchev–Trinajstić information content (AvgIpc) is 2.95. The molecule has 17 heavy (non-hydrogen) atoms. The van der Waals surface area contributed by atoms with Gasteiger partial charge in [0.1, 0.15) is 11.5 Å². The van der Waals surface area contributed by atoms with Crippen molar-refractivity contribution in [3.05, 3.63) is 23.7 Å². The fourth-order valence-corrected chi connectivity index (χ4v) is 2.93. The zero-order valence-corrected chi connectivity index (χ0v) is 11.2. The fraction of sp³-hybridized carbons (Fsp3) is 0.733. The molecule has 0 spiro atoms. The normalized spacial score (nSPS) is 18.7. The van der Waals surface area contributed by atoms with Gasteiger partial charge in [0.2, 0.25) is 0 Å². The molecule has 2 rings (SSSR count). The van der Waals surface area contributed by atoms with E-state index >= 15 is 0 Å². The first-order valence-corrected chi connectivity index (χ1v) is 7.09. The molecule has 0 aliphatic heterocycles. The highest BCUT2D eigenvalue weighted by molar-refractivity contribution is 5.09. The molecule has 1 saturated carbocycles. The van der Waals surface area contributed by atoms with Gasteiger partial charge < -0.3 is 9.73 Å². The number of aryl methyl sites for hydroxylation is 1. The molecule has 1 N–H and O–H groups in total. The van der Waals surface area contributed by atoms with Crippen molar-refractivity contribution in [2.45, 2.75) is 58.4 Å². The lowest BCUT2D eigenvalue weighted by molar-refractivity contribution is 0.357. The Balaban J connectivity index is 1.87. The molecule has 1 unspecified atom stereocenters. The van der Waals surface area contributed by atoms with Crippen molar-refractivity contribution in [2.75, 3.05) is 6.54 Å². The molecular weight excluding hydrogens is 210 g/mol. The summed E-state index contributed by atoms with van der Waals surface area (Å²) in [5.74, 6) is 3.10. The zero-order chi connectivity index (χ0) is 12.1. The highest BCUT2D eigenvalue weighted by Gasteiger charge is 2.19. The van der Waals surface area contributed by atoms with Gasteiger partial charge in [-0.25, -0.2) is 0 Å². The summed E-state index contributed by atoms with van der Waals surface area (Å²) in [6, 6.07) is 4.60. The quantitative estimate of drug-likeness (QED) is 0.799. The lowest BCUT2D eigenvalue weighted by atomic mass is 9.97. The smallest absolute Gasteiger partial charge is 0.121 e. The fourth-order valence-electron chi connectivity index (χ4n) is 2.93. The minimum atomic E-state index is 0.411. The summed E-state index contributed by atoms with van der Waals surface area (Å²) in [5, 5.41) is 3.54.